The van der Waals surface area contributed by atoms with Crippen LogP contribution >= 0.6 is 0 Å². The van der Waals surface area contributed by atoms with Gasteiger partial charge in [-0.2, -0.15) is 39.5 Å². The third-order valence-electron chi connectivity index (χ3n) is 6.51. The molecule has 0 aromatic heterocycles. The Morgan fingerprint density at radius 2 is 1.40 bits per heavy atom. The van der Waals surface area contributed by atoms with E-state index in [-0.39, 0.29) is 17.2 Å². The maximum absolute atomic E-state index is 13.8. The Bertz CT molecular complexity index is 1370. The molecule has 3 aromatic rings. The van der Waals surface area contributed by atoms with Gasteiger partial charge in [-0.25, -0.2) is 4.79 Å². The van der Waals surface area contributed by atoms with Crippen molar-refractivity contribution >= 4 is 6.09 Å². The molecule has 0 N–H and O–H groups in total. The van der Waals surface area contributed by atoms with Crippen LogP contribution < -0.4 is 4.74 Å². The van der Waals surface area contributed by atoms with Crippen LogP contribution in [0.5, 0.6) is 5.75 Å². The smallest absolute Gasteiger partial charge is 0.419 e. The molecule has 0 spiro atoms. The van der Waals surface area contributed by atoms with Crippen molar-refractivity contribution in [2.75, 3.05) is 7.11 Å². The molecule has 2 atom stereocenters. The van der Waals surface area contributed by atoms with Crippen LogP contribution in [0.1, 0.15) is 40.8 Å². The van der Waals surface area contributed by atoms with Gasteiger partial charge in [0.05, 0.1) is 36.4 Å². The summed E-state index contributed by atoms with van der Waals surface area (Å²) < 4.78 is 132. The van der Waals surface area contributed by atoms with E-state index in [9.17, 15) is 44.3 Å². The quantitative estimate of drug-likeness (QED) is 0.286. The third-order valence-corrected chi connectivity index (χ3v) is 6.51. The molecule has 0 bridgehead atoms. The van der Waals surface area contributed by atoms with Crippen LogP contribution in [-0.2, 0) is 29.8 Å². The monoisotopic (exact) mass is 577 g/mol. The van der Waals surface area contributed by atoms with E-state index in [1.165, 1.54) is 13.0 Å². The van der Waals surface area contributed by atoms with Crippen molar-refractivity contribution in [2.24, 2.45) is 0 Å². The lowest BCUT2D eigenvalue weighted by Gasteiger charge is -2.25. The van der Waals surface area contributed by atoms with Gasteiger partial charge in [-0.1, -0.05) is 36.4 Å². The zero-order valence-corrected chi connectivity index (χ0v) is 20.7. The van der Waals surface area contributed by atoms with Gasteiger partial charge >= 0.3 is 24.6 Å². The number of amides is 1. The highest BCUT2D eigenvalue weighted by Gasteiger charge is 2.44. The number of carbonyl (C=O) groups excluding carboxylic acids is 1. The summed E-state index contributed by atoms with van der Waals surface area (Å²) in [6.07, 6.45) is -17.8. The predicted octanol–water partition coefficient (Wildman–Crippen LogP) is 8.50. The number of ether oxygens (including phenoxy) is 2. The van der Waals surface area contributed by atoms with Gasteiger partial charge < -0.3 is 9.47 Å². The van der Waals surface area contributed by atoms with Crippen LogP contribution in [-0.4, -0.2) is 24.1 Å². The third kappa shape index (κ3) is 5.68. The lowest BCUT2D eigenvalue weighted by atomic mass is 9.94. The van der Waals surface area contributed by atoms with Crippen molar-refractivity contribution in [1.29, 1.82) is 0 Å². The van der Waals surface area contributed by atoms with Gasteiger partial charge in [0.15, 0.2) is 0 Å². The average Bonchev–Trinajstić information content (AvgIpc) is 3.15. The Kier molecular flexibility index (Phi) is 7.46. The summed E-state index contributed by atoms with van der Waals surface area (Å²) in [5, 5.41) is 0. The van der Waals surface area contributed by atoms with Gasteiger partial charge in [0.1, 0.15) is 11.9 Å². The summed E-state index contributed by atoms with van der Waals surface area (Å²) in [7, 11) is 1.01. The van der Waals surface area contributed by atoms with E-state index >= 15 is 0 Å². The van der Waals surface area contributed by atoms with Crippen LogP contribution in [0.25, 0.3) is 11.1 Å². The number of carbonyl (C=O) groups is 1. The van der Waals surface area contributed by atoms with E-state index in [1.807, 2.05) is 0 Å². The van der Waals surface area contributed by atoms with E-state index in [2.05, 4.69) is 0 Å². The molecule has 0 radical (unpaired) electrons. The van der Waals surface area contributed by atoms with Crippen molar-refractivity contribution in [3.63, 3.8) is 0 Å². The van der Waals surface area contributed by atoms with E-state index in [4.69, 9.17) is 9.47 Å². The van der Waals surface area contributed by atoms with Crippen molar-refractivity contribution in [3.05, 3.63) is 88.5 Å². The Morgan fingerprint density at radius 1 is 0.825 bits per heavy atom. The fourth-order valence-corrected chi connectivity index (χ4v) is 4.60. The zero-order valence-electron chi connectivity index (χ0n) is 20.7. The minimum absolute atomic E-state index is 0.0532. The van der Waals surface area contributed by atoms with Crippen molar-refractivity contribution in [2.45, 2.75) is 44.1 Å². The molecule has 214 valence electrons. The fourth-order valence-electron chi connectivity index (χ4n) is 4.60. The second-order valence-electron chi connectivity index (χ2n) is 9.05. The van der Waals surface area contributed by atoms with Crippen molar-refractivity contribution in [1.82, 2.24) is 4.90 Å². The number of cyclic esters (lactones) is 1. The molecule has 1 heterocycles. The van der Waals surface area contributed by atoms with Gasteiger partial charge in [0.25, 0.3) is 0 Å². The first-order valence-electron chi connectivity index (χ1n) is 11.6. The number of hydrogen-bond donors (Lipinski definition) is 0. The summed E-state index contributed by atoms with van der Waals surface area (Å²) in [5.41, 5.74) is -4.21. The molecule has 13 heteroatoms. The Labute approximate surface area is 221 Å². The number of alkyl halides is 9. The van der Waals surface area contributed by atoms with E-state index in [1.54, 1.807) is 30.3 Å². The highest BCUT2D eigenvalue weighted by Crippen LogP contribution is 2.45. The Morgan fingerprint density at radius 3 is 1.90 bits per heavy atom. The summed E-state index contributed by atoms with van der Waals surface area (Å²) >= 11 is 0. The number of benzene rings is 3. The summed E-state index contributed by atoms with van der Waals surface area (Å²) in [4.78, 5) is 13.8. The fraction of sp³-hybridized carbons (Fsp3) is 0.296. The van der Waals surface area contributed by atoms with Gasteiger partial charge in [0.2, 0.25) is 0 Å². The summed E-state index contributed by atoms with van der Waals surface area (Å²) in [6.45, 7) is 0.768. The first kappa shape index (κ1) is 29.1. The van der Waals surface area contributed by atoms with Gasteiger partial charge in [-0.15, -0.1) is 0 Å². The molecule has 1 fully saturated rings. The predicted molar refractivity (Wildman–Crippen MR) is 124 cm³/mol. The number of halogens is 9. The van der Waals surface area contributed by atoms with Gasteiger partial charge in [-0.3, -0.25) is 4.90 Å². The number of rotatable bonds is 5. The first-order valence-corrected chi connectivity index (χ1v) is 11.6. The van der Waals surface area contributed by atoms with E-state index in [0.29, 0.717) is 17.7 Å². The second kappa shape index (κ2) is 10.3. The molecule has 3 aromatic carbocycles. The molecule has 4 nitrogen and oxygen atoms in total. The number of hydrogen-bond acceptors (Lipinski definition) is 3. The van der Waals surface area contributed by atoms with Crippen molar-refractivity contribution < 1.29 is 53.8 Å². The van der Waals surface area contributed by atoms with Crippen LogP contribution in [0.4, 0.5) is 44.3 Å². The first-order chi connectivity index (χ1) is 18.5. The minimum atomic E-state index is -5.13. The number of nitrogens with zero attached hydrogens (tertiary/aromatic N) is 1. The number of methoxy groups -OCH3 is 1. The van der Waals surface area contributed by atoms with Crippen LogP contribution in [0, 0.1) is 0 Å². The van der Waals surface area contributed by atoms with E-state index in [0.717, 1.165) is 18.1 Å². The Hall–Kier alpha value is -3.90. The zero-order chi connectivity index (χ0) is 29.6. The molecule has 1 aliphatic heterocycles. The van der Waals surface area contributed by atoms with Gasteiger partial charge in [-0.05, 0) is 47.9 Å². The molecule has 1 amide bonds. The Balaban J connectivity index is 1.80. The summed E-state index contributed by atoms with van der Waals surface area (Å²) in [5.74, 6) is -0.587. The second-order valence-corrected chi connectivity index (χ2v) is 9.05. The maximum atomic E-state index is 13.8. The SMILES string of the molecule is COc1c(C(F)(F)F)ccc(-c2ccccc2)c1CN1C(=O)O[C@H](c2cc(C(F)(F)F)cc(C(F)(F)F)c2)[C@@H]1C. The normalized spacial score (nSPS) is 18.2. The molecule has 0 saturated carbocycles. The molecule has 4 rings (SSSR count). The van der Waals surface area contributed by atoms with Gasteiger partial charge in [0, 0.05) is 5.56 Å². The lowest BCUT2D eigenvalue weighted by molar-refractivity contribution is -0.143. The highest BCUT2D eigenvalue weighted by atomic mass is 19.4. The highest BCUT2D eigenvalue weighted by molar-refractivity contribution is 5.75. The molecule has 40 heavy (non-hydrogen) atoms. The summed E-state index contributed by atoms with van der Waals surface area (Å²) in [6, 6.07) is 9.88. The molecule has 0 unspecified atom stereocenters. The minimum Gasteiger partial charge on any atom is -0.496 e. The van der Waals surface area contributed by atoms with Crippen LogP contribution in [0.15, 0.2) is 60.7 Å². The maximum Gasteiger partial charge on any atom is 0.419 e. The largest absolute Gasteiger partial charge is 0.496 e. The van der Waals surface area contributed by atoms with Crippen LogP contribution in [0.3, 0.4) is 0 Å². The van der Waals surface area contributed by atoms with Crippen molar-refractivity contribution in [3.8, 4) is 16.9 Å². The molecular weight excluding hydrogens is 557 g/mol. The average molecular weight is 577 g/mol. The molecule has 1 saturated heterocycles. The lowest BCUT2D eigenvalue weighted by Crippen LogP contribution is -2.32. The van der Waals surface area contributed by atoms with E-state index < -0.39 is 71.3 Å². The molecule has 1 aliphatic rings. The standard InChI is InChI=1S/C27H20F9NO3/c1-14-22(16-10-17(25(28,29)30)12-18(11-16)26(31,32)33)40-24(38)37(14)13-20-19(15-6-4-3-5-7-15)8-9-21(23(20)39-2)27(34,35)36/h3-12,14,22H,13H2,1-2H3/t14-,22-/m0/s1. The molecule has 0 aliphatic carbocycles. The van der Waals surface area contributed by atoms with Crippen LogP contribution in [0.2, 0.25) is 0 Å². The molecular formula is C27H20F9NO3. The topological polar surface area (TPSA) is 38.8 Å².